The van der Waals surface area contributed by atoms with Gasteiger partial charge in [0, 0.05) is 12.8 Å². The van der Waals surface area contributed by atoms with Gasteiger partial charge in [0.05, 0.1) is 25.4 Å². The van der Waals surface area contributed by atoms with Crippen LogP contribution >= 0.6 is 0 Å². The van der Waals surface area contributed by atoms with Gasteiger partial charge in [-0.1, -0.05) is 339 Å². The first kappa shape index (κ1) is 78.8. The Labute approximate surface area is 506 Å². The number of esters is 1. The van der Waals surface area contributed by atoms with Gasteiger partial charge < -0.3 is 20.3 Å². The fraction of sp³-hybridized carbons (Fsp3) is 0.867. The third kappa shape index (κ3) is 66.8. The Morgan fingerprint density at radius 1 is 0.346 bits per heavy atom. The number of hydrogen-bond donors (Lipinski definition) is 3. The molecule has 6 nitrogen and oxygen atoms in total. The summed E-state index contributed by atoms with van der Waals surface area (Å²) in [5.74, 6) is -0.0680. The van der Waals surface area contributed by atoms with Gasteiger partial charge in [-0.3, -0.25) is 9.59 Å². The molecule has 0 bridgehead atoms. The van der Waals surface area contributed by atoms with Crippen molar-refractivity contribution in [3.8, 4) is 0 Å². The van der Waals surface area contributed by atoms with E-state index in [1.807, 2.05) is 6.08 Å². The minimum absolute atomic E-state index is 0.00430. The first-order chi connectivity index (χ1) is 40.0. The van der Waals surface area contributed by atoms with Gasteiger partial charge in [0.1, 0.15) is 0 Å². The molecule has 3 N–H and O–H groups in total. The van der Waals surface area contributed by atoms with Crippen molar-refractivity contribution in [3.63, 3.8) is 0 Å². The van der Waals surface area contributed by atoms with Gasteiger partial charge in [-0.2, -0.15) is 0 Å². The second kappa shape index (κ2) is 70.3. The molecule has 0 radical (unpaired) electrons. The Morgan fingerprint density at radius 2 is 0.617 bits per heavy atom. The predicted molar refractivity (Wildman–Crippen MR) is 356 cm³/mol. The predicted octanol–water partition coefficient (Wildman–Crippen LogP) is 23.6. The lowest BCUT2D eigenvalue weighted by atomic mass is 10.0. The number of rotatable bonds is 68. The topological polar surface area (TPSA) is 95.9 Å². The zero-order valence-corrected chi connectivity index (χ0v) is 54.5. The molecule has 0 aromatic rings. The Balaban J connectivity index is 3.44. The molecule has 0 aliphatic rings. The molecule has 81 heavy (non-hydrogen) atoms. The molecule has 1 amide bonds. The van der Waals surface area contributed by atoms with E-state index < -0.39 is 12.1 Å². The number of ether oxygens (including phenoxy) is 1. The molecule has 0 spiro atoms. The number of aliphatic hydroxyl groups excluding tert-OH is 2. The van der Waals surface area contributed by atoms with E-state index in [9.17, 15) is 19.8 Å². The van der Waals surface area contributed by atoms with Gasteiger partial charge >= 0.3 is 5.97 Å². The smallest absolute Gasteiger partial charge is 0.305 e. The van der Waals surface area contributed by atoms with E-state index in [1.54, 1.807) is 6.08 Å². The normalized spacial score (nSPS) is 12.8. The van der Waals surface area contributed by atoms with Gasteiger partial charge in [0.2, 0.25) is 5.91 Å². The Bertz CT molecular complexity index is 1360. The number of allylic oxidation sites excluding steroid dienone is 7. The minimum atomic E-state index is -0.852. The van der Waals surface area contributed by atoms with Crippen LogP contribution in [0.25, 0.3) is 0 Å². The fourth-order valence-electron chi connectivity index (χ4n) is 11.3. The molecule has 2 atom stereocenters. The third-order valence-electron chi connectivity index (χ3n) is 16.8. The second-order valence-corrected chi connectivity index (χ2v) is 24.9. The summed E-state index contributed by atoms with van der Waals surface area (Å²) in [6.07, 6.45) is 91.9. The van der Waals surface area contributed by atoms with Crippen LogP contribution < -0.4 is 5.32 Å². The minimum Gasteiger partial charge on any atom is -0.466 e. The Hall–Kier alpha value is -2.18. The van der Waals surface area contributed by atoms with Crippen molar-refractivity contribution >= 4 is 11.9 Å². The summed E-state index contributed by atoms with van der Waals surface area (Å²) in [4.78, 5) is 24.7. The molecule has 0 aromatic heterocycles. The number of hydrogen-bond acceptors (Lipinski definition) is 5. The zero-order chi connectivity index (χ0) is 58.5. The molecule has 0 fully saturated rings. The highest BCUT2D eigenvalue weighted by Crippen LogP contribution is 2.18. The molecule has 2 unspecified atom stereocenters. The molecule has 0 heterocycles. The molecule has 6 heteroatoms. The summed E-state index contributed by atoms with van der Waals surface area (Å²) < 4.78 is 5.50. The van der Waals surface area contributed by atoms with Crippen LogP contribution in [0.15, 0.2) is 48.6 Å². The molecular weight excluding hydrogens is 995 g/mol. The van der Waals surface area contributed by atoms with Gasteiger partial charge in [-0.25, -0.2) is 0 Å². The van der Waals surface area contributed by atoms with Crippen LogP contribution in [-0.4, -0.2) is 47.4 Å². The van der Waals surface area contributed by atoms with Crippen LogP contribution in [-0.2, 0) is 14.3 Å². The van der Waals surface area contributed by atoms with Crippen molar-refractivity contribution in [1.29, 1.82) is 0 Å². The average Bonchev–Trinajstić information content (AvgIpc) is 3.47. The molecule has 0 aliphatic carbocycles. The van der Waals surface area contributed by atoms with Crippen LogP contribution in [0.1, 0.15) is 393 Å². The van der Waals surface area contributed by atoms with E-state index in [0.717, 1.165) is 57.8 Å². The molecular formula is C75H141NO5. The highest BCUT2D eigenvalue weighted by atomic mass is 16.5. The molecule has 476 valence electrons. The number of nitrogens with one attached hydrogen (secondary N) is 1. The third-order valence-corrected chi connectivity index (χ3v) is 16.8. The Morgan fingerprint density at radius 3 is 0.975 bits per heavy atom. The first-order valence-electron chi connectivity index (χ1n) is 36.4. The summed E-state index contributed by atoms with van der Waals surface area (Å²) in [6, 6.07) is -0.636. The highest BCUT2D eigenvalue weighted by Gasteiger charge is 2.18. The second-order valence-electron chi connectivity index (χ2n) is 24.9. The maximum Gasteiger partial charge on any atom is 0.305 e. The van der Waals surface area contributed by atoms with Crippen molar-refractivity contribution < 1.29 is 24.5 Å². The number of carbonyl (C=O) groups excluding carboxylic acids is 2. The van der Waals surface area contributed by atoms with E-state index in [4.69, 9.17) is 4.74 Å². The van der Waals surface area contributed by atoms with Gasteiger partial charge in [-0.05, 0) is 89.9 Å². The van der Waals surface area contributed by atoms with Crippen LogP contribution in [0, 0.1) is 0 Å². The first-order valence-corrected chi connectivity index (χ1v) is 36.4. The summed E-state index contributed by atoms with van der Waals surface area (Å²) in [6.45, 7) is 4.90. The maximum atomic E-state index is 12.5. The van der Waals surface area contributed by atoms with Crippen molar-refractivity contribution in [2.24, 2.45) is 0 Å². The number of aliphatic hydroxyl groups is 2. The molecule has 0 saturated heterocycles. The van der Waals surface area contributed by atoms with E-state index in [1.165, 1.54) is 308 Å². The van der Waals surface area contributed by atoms with Crippen molar-refractivity contribution in [3.05, 3.63) is 48.6 Å². The lowest BCUT2D eigenvalue weighted by Crippen LogP contribution is -2.45. The summed E-state index contributed by atoms with van der Waals surface area (Å²) in [5.41, 5.74) is 0. The molecule has 0 aromatic carbocycles. The van der Waals surface area contributed by atoms with Gasteiger partial charge in [-0.15, -0.1) is 0 Å². The van der Waals surface area contributed by atoms with Crippen LogP contribution in [0.5, 0.6) is 0 Å². The number of amides is 1. The van der Waals surface area contributed by atoms with Gasteiger partial charge in [0.25, 0.3) is 0 Å². The quantitative estimate of drug-likeness (QED) is 0.0320. The average molecular weight is 1140 g/mol. The van der Waals surface area contributed by atoms with E-state index in [2.05, 4.69) is 55.6 Å². The standard InChI is InChI=1S/C75H141NO5/c1-3-5-7-9-11-13-15-17-19-21-23-24-25-26-28-32-35-39-43-47-51-55-59-63-67-73(78)72(71-77)76-74(79)68-64-60-56-52-48-44-40-36-33-29-27-30-34-38-42-46-50-54-58-62-66-70-81-75(80)69-65-61-57-53-49-45-41-37-31-22-20-18-16-14-12-10-8-6-4-2/h12,14,18,20,29,33,63,67,72-73,77-78H,3-11,13,15-17,19,21-28,30-32,34-62,64-66,68-71H2,1-2H3,(H,76,79)/b14-12-,20-18-,33-29-,67-63+. The van der Waals surface area contributed by atoms with Crippen molar-refractivity contribution in [2.75, 3.05) is 13.2 Å². The SMILES string of the molecule is CCCCC/C=C\C/C=C\CCCCCCCCCCCC(=O)OCCCCCCCCCCCC/C=C\CCCCCCCCCC(=O)NC(CO)C(O)/C=C/CCCCCCCCCCCCCCCCCCCCCCCC. The summed E-state index contributed by atoms with van der Waals surface area (Å²) in [7, 11) is 0. The zero-order valence-electron chi connectivity index (χ0n) is 54.5. The molecule has 0 aliphatic heterocycles. The van der Waals surface area contributed by atoms with Gasteiger partial charge in [0.15, 0.2) is 0 Å². The molecule has 0 saturated carbocycles. The summed E-state index contributed by atoms with van der Waals surface area (Å²) in [5, 5.41) is 23.3. The maximum absolute atomic E-state index is 12.5. The van der Waals surface area contributed by atoms with E-state index in [0.29, 0.717) is 19.4 Å². The van der Waals surface area contributed by atoms with E-state index >= 15 is 0 Å². The lowest BCUT2D eigenvalue weighted by Gasteiger charge is -2.20. The fourth-order valence-corrected chi connectivity index (χ4v) is 11.3. The highest BCUT2D eigenvalue weighted by molar-refractivity contribution is 5.76. The number of carbonyl (C=O) groups is 2. The lowest BCUT2D eigenvalue weighted by molar-refractivity contribution is -0.143. The van der Waals surface area contributed by atoms with Crippen LogP contribution in [0.4, 0.5) is 0 Å². The molecule has 0 rings (SSSR count). The van der Waals surface area contributed by atoms with Crippen LogP contribution in [0.2, 0.25) is 0 Å². The number of unbranched alkanes of at least 4 members (excludes halogenated alkanes) is 51. The van der Waals surface area contributed by atoms with Crippen molar-refractivity contribution in [2.45, 2.75) is 405 Å². The largest absolute Gasteiger partial charge is 0.466 e. The van der Waals surface area contributed by atoms with E-state index in [-0.39, 0.29) is 18.5 Å². The summed E-state index contributed by atoms with van der Waals surface area (Å²) >= 11 is 0. The monoisotopic (exact) mass is 1140 g/mol. The Kier molecular flexibility index (Phi) is 68.4. The van der Waals surface area contributed by atoms with Crippen LogP contribution in [0.3, 0.4) is 0 Å². The van der Waals surface area contributed by atoms with Crippen molar-refractivity contribution in [1.82, 2.24) is 5.32 Å².